The summed E-state index contributed by atoms with van der Waals surface area (Å²) in [5, 5.41) is 9.47. The molecule has 2 aromatic rings. The molecule has 0 atom stereocenters. The van der Waals surface area contributed by atoms with Gasteiger partial charge in [-0.25, -0.2) is 4.79 Å². The highest BCUT2D eigenvalue weighted by atomic mass is 16.5. The molecule has 0 spiro atoms. The van der Waals surface area contributed by atoms with Crippen LogP contribution in [0.15, 0.2) is 29.8 Å². The third-order valence-corrected chi connectivity index (χ3v) is 5.37. The molecule has 0 fully saturated rings. The number of nitrogens with zero attached hydrogens (tertiary/aromatic N) is 2. The van der Waals surface area contributed by atoms with Crippen molar-refractivity contribution in [2.75, 3.05) is 20.3 Å². The van der Waals surface area contributed by atoms with E-state index in [0.717, 1.165) is 34.5 Å². The zero-order valence-corrected chi connectivity index (χ0v) is 18.9. The summed E-state index contributed by atoms with van der Waals surface area (Å²) in [6.07, 6.45) is 3.03. The van der Waals surface area contributed by atoms with Crippen LogP contribution in [-0.2, 0) is 33.7 Å². The Morgan fingerprint density at radius 3 is 2.52 bits per heavy atom. The van der Waals surface area contributed by atoms with E-state index < -0.39 is 12.6 Å². The molecule has 0 saturated carbocycles. The van der Waals surface area contributed by atoms with E-state index in [9.17, 15) is 14.9 Å². The Balaban J connectivity index is 2.16. The average molecular weight is 423 g/mol. The molecule has 0 bridgehead atoms. The van der Waals surface area contributed by atoms with Gasteiger partial charge in [0, 0.05) is 30.6 Å². The van der Waals surface area contributed by atoms with Gasteiger partial charge in [0.25, 0.3) is 0 Å². The van der Waals surface area contributed by atoms with Gasteiger partial charge < -0.3 is 14.0 Å². The fraction of sp³-hybridized carbons (Fsp3) is 0.400. The smallest absolute Gasteiger partial charge is 0.349 e. The number of ether oxygens (including phenoxy) is 2. The highest BCUT2D eigenvalue weighted by Gasteiger charge is 2.18. The van der Waals surface area contributed by atoms with E-state index in [0.29, 0.717) is 25.1 Å². The lowest BCUT2D eigenvalue weighted by Crippen LogP contribution is -2.16. The fourth-order valence-corrected chi connectivity index (χ4v) is 3.49. The second-order valence-corrected chi connectivity index (χ2v) is 7.34. The van der Waals surface area contributed by atoms with Gasteiger partial charge >= 0.3 is 5.97 Å². The quantitative estimate of drug-likeness (QED) is 0.248. The van der Waals surface area contributed by atoms with Crippen LogP contribution in [0.1, 0.15) is 52.3 Å². The number of nitriles is 1. The Bertz CT molecular complexity index is 1020. The van der Waals surface area contributed by atoms with Gasteiger partial charge in [-0.2, -0.15) is 5.26 Å². The monoisotopic (exact) mass is 422 g/mol. The Labute approximate surface area is 184 Å². The maximum Gasteiger partial charge on any atom is 0.349 e. The van der Waals surface area contributed by atoms with E-state index in [1.54, 1.807) is 7.11 Å². The number of hydrogen-bond acceptors (Lipinski definition) is 5. The molecule has 164 valence electrons. The van der Waals surface area contributed by atoms with Crippen LogP contribution in [0.4, 0.5) is 0 Å². The minimum Gasteiger partial charge on any atom is -0.453 e. The van der Waals surface area contributed by atoms with Crippen molar-refractivity contribution in [1.82, 2.24) is 4.57 Å². The van der Waals surface area contributed by atoms with Gasteiger partial charge in [0.05, 0.1) is 6.61 Å². The van der Waals surface area contributed by atoms with Crippen molar-refractivity contribution in [3.8, 4) is 6.07 Å². The van der Waals surface area contributed by atoms with Gasteiger partial charge in [0.2, 0.25) is 5.78 Å². The molecule has 31 heavy (non-hydrogen) atoms. The lowest BCUT2D eigenvalue weighted by Gasteiger charge is -2.10. The number of Topliss-reactive ketones (excluding diaryl/α,β-unsaturated/α-hetero) is 1. The summed E-state index contributed by atoms with van der Waals surface area (Å²) in [7, 11) is 1.64. The molecular formula is C25H30N2O4. The van der Waals surface area contributed by atoms with Crippen LogP contribution in [0.2, 0.25) is 0 Å². The number of benzene rings is 1. The van der Waals surface area contributed by atoms with Crippen LogP contribution in [0, 0.1) is 25.2 Å². The molecule has 1 aromatic heterocycles. The zero-order valence-electron chi connectivity index (χ0n) is 18.9. The minimum atomic E-state index is -0.803. The second kappa shape index (κ2) is 11.3. The molecule has 0 saturated heterocycles. The normalized spacial score (nSPS) is 11.3. The largest absolute Gasteiger partial charge is 0.453 e. The summed E-state index contributed by atoms with van der Waals surface area (Å²) in [5.74, 6) is -1.07. The minimum absolute atomic E-state index is 0.141. The molecule has 0 amide bonds. The molecule has 0 aliphatic heterocycles. The number of esters is 1. The highest BCUT2D eigenvalue weighted by molar-refractivity contribution is 6.02. The van der Waals surface area contributed by atoms with Crippen LogP contribution in [0.3, 0.4) is 0 Å². The zero-order chi connectivity index (χ0) is 23.0. The van der Waals surface area contributed by atoms with Gasteiger partial charge in [-0.1, -0.05) is 26.0 Å². The van der Waals surface area contributed by atoms with Gasteiger partial charge in [0.1, 0.15) is 11.6 Å². The fourth-order valence-electron chi connectivity index (χ4n) is 3.49. The van der Waals surface area contributed by atoms with E-state index in [1.165, 1.54) is 6.08 Å². The Kier molecular flexibility index (Phi) is 8.77. The topological polar surface area (TPSA) is 81.3 Å². The summed E-state index contributed by atoms with van der Waals surface area (Å²) in [5.41, 5.74) is 5.08. The Hall–Kier alpha value is -3.17. The van der Waals surface area contributed by atoms with Gasteiger partial charge in [-0.05, 0) is 61.6 Å². The van der Waals surface area contributed by atoms with Crippen LogP contribution in [0.5, 0.6) is 0 Å². The lowest BCUT2D eigenvalue weighted by atomic mass is 9.98. The molecule has 0 radical (unpaired) electrons. The molecule has 6 heteroatoms. The summed E-state index contributed by atoms with van der Waals surface area (Å²) in [6.45, 7) is 8.72. The number of carbonyl (C=O) groups excluding carboxylic acids is 2. The summed E-state index contributed by atoms with van der Waals surface area (Å²) < 4.78 is 12.4. The van der Waals surface area contributed by atoms with E-state index in [4.69, 9.17) is 9.47 Å². The molecule has 0 unspecified atom stereocenters. The van der Waals surface area contributed by atoms with Crippen LogP contribution in [0.25, 0.3) is 6.08 Å². The number of carbonyl (C=O) groups is 2. The van der Waals surface area contributed by atoms with Crippen LogP contribution in [-0.4, -0.2) is 36.6 Å². The van der Waals surface area contributed by atoms with Gasteiger partial charge in [-0.15, -0.1) is 0 Å². The predicted octanol–water partition coefficient (Wildman–Crippen LogP) is 4.21. The van der Waals surface area contributed by atoms with Gasteiger partial charge in [-0.3, -0.25) is 4.79 Å². The maximum atomic E-state index is 12.7. The van der Waals surface area contributed by atoms with Crippen molar-refractivity contribution in [3.05, 3.63) is 63.5 Å². The Morgan fingerprint density at radius 1 is 1.16 bits per heavy atom. The third kappa shape index (κ3) is 5.93. The van der Waals surface area contributed by atoms with E-state index >= 15 is 0 Å². The maximum absolute atomic E-state index is 12.7. The average Bonchev–Trinajstić information content (AvgIpc) is 3.05. The number of aryl methyl sites for hydroxylation is 3. The van der Waals surface area contributed by atoms with Crippen LogP contribution >= 0.6 is 0 Å². The summed E-state index contributed by atoms with van der Waals surface area (Å²) >= 11 is 0. The third-order valence-electron chi connectivity index (χ3n) is 5.37. The first kappa shape index (κ1) is 24.1. The number of aromatic nitrogens is 1. The SMILES string of the molecule is CCc1ccc(CC)c(C(=O)COC(=O)/C(C#N)=C/c2cc(C)n(CCOC)c2C)c1. The number of ketones is 1. The molecule has 1 heterocycles. The van der Waals surface area contributed by atoms with Crippen molar-refractivity contribution in [2.45, 2.75) is 47.1 Å². The van der Waals surface area contributed by atoms with Crippen molar-refractivity contribution >= 4 is 17.8 Å². The predicted molar refractivity (Wildman–Crippen MR) is 120 cm³/mol. The molecule has 6 nitrogen and oxygen atoms in total. The van der Waals surface area contributed by atoms with Crippen LogP contribution < -0.4 is 0 Å². The Morgan fingerprint density at radius 2 is 1.90 bits per heavy atom. The first-order valence-corrected chi connectivity index (χ1v) is 10.5. The van der Waals surface area contributed by atoms with E-state index in [1.807, 2.05) is 58.0 Å². The molecule has 0 aliphatic carbocycles. The van der Waals surface area contributed by atoms with Crippen molar-refractivity contribution in [2.24, 2.45) is 0 Å². The molecule has 2 rings (SSSR count). The van der Waals surface area contributed by atoms with Crippen molar-refractivity contribution in [3.63, 3.8) is 0 Å². The van der Waals surface area contributed by atoms with E-state index in [2.05, 4.69) is 4.57 Å². The number of rotatable bonds is 10. The number of methoxy groups -OCH3 is 1. The summed E-state index contributed by atoms with van der Waals surface area (Å²) in [4.78, 5) is 25.1. The van der Waals surface area contributed by atoms with Gasteiger partial charge in [0.15, 0.2) is 6.61 Å². The molecular weight excluding hydrogens is 392 g/mol. The second-order valence-electron chi connectivity index (χ2n) is 7.34. The standard InChI is InChI=1S/C25H30N2O4/c1-6-19-8-9-20(7-2)23(13-19)24(28)16-31-25(29)22(15-26)14-21-12-17(3)27(18(21)4)10-11-30-5/h8-9,12-14H,6-7,10-11,16H2,1-5H3/b22-14+. The first-order valence-electron chi connectivity index (χ1n) is 10.5. The summed E-state index contributed by atoms with van der Waals surface area (Å²) in [6, 6.07) is 9.59. The molecule has 1 aromatic carbocycles. The molecule has 0 aliphatic rings. The van der Waals surface area contributed by atoms with Crippen molar-refractivity contribution in [1.29, 1.82) is 5.26 Å². The van der Waals surface area contributed by atoms with Crippen molar-refractivity contribution < 1.29 is 19.1 Å². The number of hydrogen-bond donors (Lipinski definition) is 0. The lowest BCUT2D eigenvalue weighted by molar-refractivity contribution is -0.137. The van der Waals surface area contributed by atoms with E-state index in [-0.39, 0.29) is 11.4 Å². The molecule has 0 N–H and O–H groups in total. The highest BCUT2D eigenvalue weighted by Crippen LogP contribution is 2.19. The first-order chi connectivity index (χ1) is 14.9.